The second-order valence-electron chi connectivity index (χ2n) is 1.50. The van der Waals surface area contributed by atoms with E-state index < -0.39 is 21.6 Å². The fourth-order valence-electron chi connectivity index (χ4n) is 0.147. The lowest BCUT2D eigenvalue weighted by Crippen LogP contribution is -2.44. The van der Waals surface area contributed by atoms with Gasteiger partial charge >= 0.3 is 21.6 Å². The maximum atomic E-state index is 11.5. The number of rotatable bonds is 2. The molecule has 0 aliphatic carbocycles. The van der Waals surface area contributed by atoms with Crippen molar-refractivity contribution in [3.05, 3.63) is 0 Å². The number of hydrogen-bond acceptors (Lipinski definition) is 3. The Labute approximate surface area is 57.6 Å². The Kier molecular flexibility index (Phi) is 2.18. The van der Waals surface area contributed by atoms with Crippen molar-refractivity contribution in [1.29, 1.82) is 0 Å². The predicted octanol–water partition coefficient (Wildman–Crippen LogP) is 0.464. The summed E-state index contributed by atoms with van der Waals surface area (Å²) >= 11 is 0. The van der Waals surface area contributed by atoms with Gasteiger partial charge in [-0.15, -0.1) is 0 Å². The molecule has 0 atom stereocenters. The molecule has 0 unspecified atom stereocenters. The number of alkyl halides is 4. The minimum Gasteiger partial charge on any atom is -0.331 e. The van der Waals surface area contributed by atoms with Crippen LogP contribution in [-0.2, 0) is 10.2 Å². The zero-order valence-electron chi connectivity index (χ0n) is 4.56. The summed E-state index contributed by atoms with van der Waals surface area (Å²) in [4.78, 5) is 0. The molecule has 0 aliphatic rings. The van der Waals surface area contributed by atoms with Crippen LogP contribution < -0.4 is 0 Å². The molecule has 0 amide bonds. The summed E-state index contributed by atoms with van der Waals surface area (Å²) in [6.07, 6.45) is -5.92. The molecule has 0 aromatic rings. The third kappa shape index (κ3) is 1.77. The van der Waals surface area contributed by atoms with Crippen LogP contribution in [0.1, 0.15) is 0 Å². The van der Waals surface area contributed by atoms with Crippen LogP contribution in [0.5, 0.6) is 0 Å². The van der Waals surface area contributed by atoms with Gasteiger partial charge in [0.2, 0.25) is 0 Å². The fraction of sp³-hybridized carbons (Fsp3) is 1.00. The first-order valence-corrected chi connectivity index (χ1v) is 3.30. The SMILES string of the molecule is O=S(=O)(F)C(F)(F)C(O)(F)F. The summed E-state index contributed by atoms with van der Waals surface area (Å²) in [7, 11) is -6.79. The number of hydrogen-bond donors (Lipinski definition) is 1. The normalized spacial score (nSPS) is 15.1. The highest BCUT2D eigenvalue weighted by molar-refractivity contribution is 7.87. The molecule has 9 heteroatoms. The van der Waals surface area contributed by atoms with E-state index in [1.54, 1.807) is 0 Å². The summed E-state index contributed by atoms with van der Waals surface area (Å²) in [5.74, 6) is 0. The van der Waals surface area contributed by atoms with Gasteiger partial charge in [-0.3, -0.25) is 0 Å². The molecule has 0 rings (SSSR count). The van der Waals surface area contributed by atoms with Gasteiger partial charge in [0.1, 0.15) is 0 Å². The van der Waals surface area contributed by atoms with E-state index in [-0.39, 0.29) is 0 Å². The van der Waals surface area contributed by atoms with Crippen LogP contribution >= 0.6 is 0 Å². The molecule has 1 N–H and O–H groups in total. The molecule has 0 bridgehead atoms. The van der Waals surface area contributed by atoms with Crippen molar-refractivity contribution in [3.63, 3.8) is 0 Å². The molecule has 11 heavy (non-hydrogen) atoms. The standard InChI is InChI=1S/C2HF5O3S/c3-1(4,8)2(5,6)11(7,9)10/h8H. The Morgan fingerprint density at radius 3 is 1.36 bits per heavy atom. The molecule has 0 radical (unpaired) electrons. The summed E-state index contributed by atoms with van der Waals surface area (Å²) in [5, 5.41) is 1.08. The van der Waals surface area contributed by atoms with E-state index in [0.717, 1.165) is 0 Å². The van der Waals surface area contributed by atoms with Gasteiger partial charge in [0.25, 0.3) is 0 Å². The summed E-state index contributed by atoms with van der Waals surface area (Å²) in [5.41, 5.74) is 0. The first kappa shape index (κ1) is 10.6. The van der Waals surface area contributed by atoms with Crippen LogP contribution in [0.2, 0.25) is 0 Å². The molecular weight excluding hydrogens is 199 g/mol. The van der Waals surface area contributed by atoms with Gasteiger partial charge in [-0.1, -0.05) is 3.89 Å². The van der Waals surface area contributed by atoms with Crippen molar-refractivity contribution in [1.82, 2.24) is 0 Å². The topological polar surface area (TPSA) is 54.4 Å². The largest absolute Gasteiger partial charge is 0.464 e. The Morgan fingerprint density at radius 1 is 1.09 bits per heavy atom. The van der Waals surface area contributed by atoms with Crippen molar-refractivity contribution in [2.24, 2.45) is 0 Å². The highest BCUT2D eigenvalue weighted by atomic mass is 32.3. The van der Waals surface area contributed by atoms with Crippen molar-refractivity contribution in [2.75, 3.05) is 0 Å². The van der Waals surface area contributed by atoms with Crippen molar-refractivity contribution < 1.29 is 35.0 Å². The lowest BCUT2D eigenvalue weighted by Gasteiger charge is -2.16. The molecule has 0 aromatic carbocycles. The smallest absolute Gasteiger partial charge is 0.331 e. The van der Waals surface area contributed by atoms with Crippen molar-refractivity contribution in [2.45, 2.75) is 11.4 Å². The predicted molar refractivity (Wildman–Crippen MR) is 22.1 cm³/mol. The first-order chi connectivity index (χ1) is 4.50. The average Bonchev–Trinajstić information content (AvgIpc) is 1.58. The van der Waals surface area contributed by atoms with Crippen LogP contribution in [0.15, 0.2) is 0 Å². The molecule has 0 heterocycles. The van der Waals surface area contributed by atoms with Crippen LogP contribution in [-0.4, -0.2) is 24.9 Å². The highest BCUT2D eigenvalue weighted by Gasteiger charge is 2.66. The summed E-state index contributed by atoms with van der Waals surface area (Å²) in [6.45, 7) is 0. The fourth-order valence-corrected chi connectivity index (χ4v) is 0.440. The lowest BCUT2D eigenvalue weighted by molar-refractivity contribution is -0.291. The van der Waals surface area contributed by atoms with Crippen LogP contribution in [0.3, 0.4) is 0 Å². The molecule has 0 fully saturated rings. The van der Waals surface area contributed by atoms with E-state index in [9.17, 15) is 29.9 Å². The molecule has 0 aliphatic heterocycles. The van der Waals surface area contributed by atoms with Crippen LogP contribution in [0, 0.1) is 0 Å². The molecule has 0 spiro atoms. The second-order valence-corrected chi connectivity index (χ2v) is 2.88. The highest BCUT2D eigenvalue weighted by Crippen LogP contribution is 2.37. The summed E-state index contributed by atoms with van der Waals surface area (Å²) in [6, 6.07) is 0. The molecular formula is C2HF5O3S. The zero-order chi connectivity index (χ0) is 9.50. The monoisotopic (exact) mass is 200 g/mol. The Morgan fingerprint density at radius 2 is 1.36 bits per heavy atom. The van der Waals surface area contributed by atoms with Gasteiger partial charge in [0.15, 0.2) is 0 Å². The van der Waals surface area contributed by atoms with Gasteiger partial charge in [-0.2, -0.15) is 26.0 Å². The Bertz CT molecular complexity index is 237. The van der Waals surface area contributed by atoms with E-state index in [2.05, 4.69) is 0 Å². The van der Waals surface area contributed by atoms with E-state index in [0.29, 0.717) is 0 Å². The van der Waals surface area contributed by atoms with Crippen molar-refractivity contribution in [3.8, 4) is 0 Å². The zero-order valence-corrected chi connectivity index (χ0v) is 5.38. The maximum Gasteiger partial charge on any atom is 0.464 e. The van der Waals surface area contributed by atoms with E-state index in [1.807, 2.05) is 0 Å². The van der Waals surface area contributed by atoms with Crippen molar-refractivity contribution >= 4 is 10.2 Å². The Balaban J connectivity index is 5.08. The molecule has 0 saturated carbocycles. The summed E-state index contributed by atoms with van der Waals surface area (Å²) < 4.78 is 75.0. The van der Waals surface area contributed by atoms with Gasteiger partial charge in [-0.25, -0.2) is 0 Å². The van der Waals surface area contributed by atoms with Crippen LogP contribution in [0.4, 0.5) is 21.4 Å². The quantitative estimate of drug-likeness (QED) is 0.520. The average molecular weight is 200 g/mol. The first-order valence-electron chi connectivity index (χ1n) is 1.92. The number of halogens is 5. The molecule has 3 nitrogen and oxygen atoms in total. The van der Waals surface area contributed by atoms with E-state index in [4.69, 9.17) is 5.11 Å². The third-order valence-electron chi connectivity index (χ3n) is 0.656. The maximum absolute atomic E-state index is 11.5. The lowest BCUT2D eigenvalue weighted by atomic mass is 10.7. The van der Waals surface area contributed by atoms with Gasteiger partial charge in [-0.05, 0) is 0 Å². The number of aliphatic hydroxyl groups is 1. The molecule has 68 valence electrons. The van der Waals surface area contributed by atoms with Gasteiger partial charge < -0.3 is 5.11 Å². The van der Waals surface area contributed by atoms with Gasteiger partial charge in [0, 0.05) is 0 Å². The van der Waals surface area contributed by atoms with Gasteiger partial charge in [0.05, 0.1) is 0 Å². The second kappa shape index (κ2) is 2.27. The molecule has 0 aromatic heterocycles. The minimum absolute atomic E-state index is 5.92. The minimum atomic E-state index is -6.79. The van der Waals surface area contributed by atoms with E-state index in [1.165, 1.54) is 0 Å². The van der Waals surface area contributed by atoms with Crippen LogP contribution in [0.25, 0.3) is 0 Å². The molecule has 0 saturated heterocycles. The third-order valence-corrected chi connectivity index (χ3v) is 1.51. The Hall–Kier alpha value is -0.440. The van der Waals surface area contributed by atoms with E-state index >= 15 is 0 Å².